The summed E-state index contributed by atoms with van der Waals surface area (Å²) in [6.45, 7) is 0. The fourth-order valence-electron chi connectivity index (χ4n) is 2.91. The third kappa shape index (κ3) is 1.68. The van der Waals surface area contributed by atoms with Gasteiger partial charge < -0.3 is 0 Å². The lowest BCUT2D eigenvalue weighted by atomic mass is 9.93. The standard InChI is InChI=1S/C19H14/c1-2-7-16-13-17(10-9-14(16)5-1)19-12-11-15-6-3-4-8-18(15)19/h1-13,15H. The minimum Gasteiger partial charge on any atom is -0.0732 e. The zero-order valence-electron chi connectivity index (χ0n) is 10.6. The van der Waals surface area contributed by atoms with Crippen LogP contribution < -0.4 is 0 Å². The van der Waals surface area contributed by atoms with Crippen LogP contribution >= 0.6 is 0 Å². The van der Waals surface area contributed by atoms with Gasteiger partial charge in [0.05, 0.1) is 0 Å². The van der Waals surface area contributed by atoms with E-state index in [-0.39, 0.29) is 0 Å². The second-order valence-corrected chi connectivity index (χ2v) is 5.06. The van der Waals surface area contributed by atoms with Gasteiger partial charge in [-0.15, -0.1) is 0 Å². The van der Waals surface area contributed by atoms with Crippen LogP contribution in [-0.2, 0) is 0 Å². The van der Waals surface area contributed by atoms with Crippen LogP contribution in [0.25, 0.3) is 16.3 Å². The van der Waals surface area contributed by atoms with Crippen molar-refractivity contribution in [3.8, 4) is 0 Å². The molecule has 0 heterocycles. The first-order valence-corrected chi connectivity index (χ1v) is 6.68. The Morgan fingerprint density at radius 3 is 2.58 bits per heavy atom. The molecule has 19 heavy (non-hydrogen) atoms. The normalized spacial score (nSPS) is 20.3. The van der Waals surface area contributed by atoms with Gasteiger partial charge in [-0.25, -0.2) is 0 Å². The van der Waals surface area contributed by atoms with Crippen molar-refractivity contribution in [3.05, 3.63) is 90.1 Å². The van der Waals surface area contributed by atoms with E-state index in [9.17, 15) is 0 Å². The van der Waals surface area contributed by atoms with Gasteiger partial charge in [-0.2, -0.15) is 0 Å². The second-order valence-electron chi connectivity index (χ2n) is 5.06. The van der Waals surface area contributed by atoms with E-state index in [1.807, 2.05) is 0 Å². The van der Waals surface area contributed by atoms with Crippen LogP contribution in [0.15, 0.2) is 84.5 Å². The topological polar surface area (TPSA) is 0 Å². The molecule has 4 rings (SSSR count). The summed E-state index contributed by atoms with van der Waals surface area (Å²) < 4.78 is 0. The maximum atomic E-state index is 2.29. The third-order valence-corrected chi connectivity index (χ3v) is 3.91. The molecule has 0 fully saturated rings. The van der Waals surface area contributed by atoms with E-state index in [4.69, 9.17) is 0 Å². The van der Waals surface area contributed by atoms with Gasteiger partial charge in [-0.3, -0.25) is 0 Å². The maximum absolute atomic E-state index is 2.29. The van der Waals surface area contributed by atoms with Gasteiger partial charge >= 0.3 is 0 Å². The number of rotatable bonds is 1. The van der Waals surface area contributed by atoms with E-state index in [0.717, 1.165) is 0 Å². The summed E-state index contributed by atoms with van der Waals surface area (Å²) in [6.07, 6.45) is 13.3. The first-order valence-electron chi connectivity index (χ1n) is 6.68. The quantitative estimate of drug-likeness (QED) is 0.666. The van der Waals surface area contributed by atoms with E-state index in [0.29, 0.717) is 5.92 Å². The molecule has 0 heteroatoms. The van der Waals surface area contributed by atoms with E-state index >= 15 is 0 Å². The predicted molar refractivity (Wildman–Crippen MR) is 81.8 cm³/mol. The highest BCUT2D eigenvalue weighted by molar-refractivity contribution is 5.90. The Morgan fingerprint density at radius 2 is 1.63 bits per heavy atom. The van der Waals surface area contributed by atoms with Crippen molar-refractivity contribution in [2.75, 3.05) is 0 Å². The van der Waals surface area contributed by atoms with Gasteiger partial charge in [0, 0.05) is 5.92 Å². The van der Waals surface area contributed by atoms with Gasteiger partial charge in [0.15, 0.2) is 0 Å². The van der Waals surface area contributed by atoms with Crippen LogP contribution in [-0.4, -0.2) is 0 Å². The molecule has 2 aliphatic carbocycles. The molecule has 2 aliphatic rings. The zero-order chi connectivity index (χ0) is 12.7. The average Bonchev–Trinajstić information content (AvgIpc) is 2.91. The highest BCUT2D eigenvalue weighted by Crippen LogP contribution is 2.36. The Labute approximate surface area is 113 Å². The monoisotopic (exact) mass is 242 g/mol. The summed E-state index contributed by atoms with van der Waals surface area (Å²) in [5, 5.41) is 2.61. The lowest BCUT2D eigenvalue weighted by Gasteiger charge is -2.11. The van der Waals surface area contributed by atoms with Crippen LogP contribution in [0.3, 0.4) is 0 Å². The van der Waals surface area contributed by atoms with Crippen molar-refractivity contribution in [3.63, 3.8) is 0 Å². The van der Waals surface area contributed by atoms with Crippen molar-refractivity contribution in [2.45, 2.75) is 0 Å². The zero-order valence-corrected chi connectivity index (χ0v) is 10.6. The molecular weight excluding hydrogens is 228 g/mol. The maximum Gasteiger partial charge on any atom is 0.0211 e. The molecule has 0 amide bonds. The van der Waals surface area contributed by atoms with Crippen molar-refractivity contribution < 1.29 is 0 Å². The Hall–Kier alpha value is -2.34. The number of allylic oxidation sites excluding steroid dienone is 8. The lowest BCUT2D eigenvalue weighted by molar-refractivity contribution is 1.02. The summed E-state index contributed by atoms with van der Waals surface area (Å²) in [7, 11) is 0. The first kappa shape index (κ1) is 10.6. The molecule has 0 saturated carbocycles. The molecule has 1 atom stereocenters. The lowest BCUT2D eigenvalue weighted by Crippen LogP contribution is -1.95. The highest BCUT2D eigenvalue weighted by atomic mass is 14.2. The molecule has 0 aromatic heterocycles. The van der Waals surface area contributed by atoms with Crippen LogP contribution in [0.2, 0.25) is 0 Å². The Kier molecular flexibility index (Phi) is 2.28. The molecular formula is C19H14. The summed E-state index contributed by atoms with van der Waals surface area (Å²) in [5.74, 6) is 0.464. The van der Waals surface area contributed by atoms with Crippen LogP contribution in [0.5, 0.6) is 0 Å². The molecule has 0 bridgehead atoms. The molecule has 2 aromatic carbocycles. The number of benzene rings is 2. The minimum atomic E-state index is 0.464. The summed E-state index contributed by atoms with van der Waals surface area (Å²) in [4.78, 5) is 0. The predicted octanol–water partition coefficient (Wildman–Crippen LogP) is 4.91. The molecule has 0 nitrogen and oxygen atoms in total. The fourth-order valence-corrected chi connectivity index (χ4v) is 2.91. The Bertz CT molecular complexity index is 769. The van der Waals surface area contributed by atoms with E-state index in [1.165, 1.54) is 27.5 Å². The molecule has 0 aliphatic heterocycles. The summed E-state index contributed by atoms with van der Waals surface area (Å²) in [6, 6.07) is 15.2. The molecule has 0 radical (unpaired) electrons. The van der Waals surface area contributed by atoms with Crippen LogP contribution in [0.4, 0.5) is 0 Å². The Morgan fingerprint density at radius 1 is 0.737 bits per heavy atom. The van der Waals surface area contributed by atoms with Crippen molar-refractivity contribution in [1.29, 1.82) is 0 Å². The molecule has 90 valence electrons. The van der Waals surface area contributed by atoms with E-state index in [2.05, 4.69) is 78.9 Å². The second kappa shape index (κ2) is 4.10. The van der Waals surface area contributed by atoms with Gasteiger partial charge in [0.2, 0.25) is 0 Å². The molecule has 0 spiro atoms. The average molecular weight is 242 g/mol. The molecule has 2 aromatic rings. The first-order chi connectivity index (χ1) is 9.42. The van der Waals surface area contributed by atoms with Crippen molar-refractivity contribution in [2.24, 2.45) is 5.92 Å². The molecule has 0 saturated heterocycles. The van der Waals surface area contributed by atoms with Gasteiger partial charge in [0.25, 0.3) is 0 Å². The minimum absolute atomic E-state index is 0.464. The fraction of sp³-hybridized carbons (Fsp3) is 0.0526. The largest absolute Gasteiger partial charge is 0.0732 e. The van der Waals surface area contributed by atoms with Crippen LogP contribution in [0.1, 0.15) is 5.56 Å². The Balaban J connectivity index is 1.89. The molecule has 1 unspecified atom stereocenters. The van der Waals surface area contributed by atoms with Crippen LogP contribution in [0, 0.1) is 5.92 Å². The van der Waals surface area contributed by atoms with Gasteiger partial charge in [-0.1, -0.05) is 72.9 Å². The van der Waals surface area contributed by atoms with Crippen molar-refractivity contribution >= 4 is 16.3 Å². The number of hydrogen-bond donors (Lipinski definition) is 0. The summed E-state index contributed by atoms with van der Waals surface area (Å²) >= 11 is 0. The SMILES string of the molecule is C1=CC2=C(c3ccc4ccccc4c3)C=CC2C=C1. The molecule has 0 N–H and O–H groups in total. The van der Waals surface area contributed by atoms with E-state index < -0.39 is 0 Å². The number of fused-ring (bicyclic) bond motifs is 2. The van der Waals surface area contributed by atoms with E-state index in [1.54, 1.807) is 0 Å². The highest BCUT2D eigenvalue weighted by Gasteiger charge is 2.18. The number of hydrogen-bond acceptors (Lipinski definition) is 0. The van der Waals surface area contributed by atoms with Gasteiger partial charge in [0.1, 0.15) is 0 Å². The smallest absolute Gasteiger partial charge is 0.0211 e. The van der Waals surface area contributed by atoms with Gasteiger partial charge in [-0.05, 0) is 33.5 Å². The van der Waals surface area contributed by atoms with Crippen molar-refractivity contribution in [1.82, 2.24) is 0 Å². The summed E-state index contributed by atoms with van der Waals surface area (Å²) in [5.41, 5.74) is 4.08. The third-order valence-electron chi connectivity index (χ3n) is 3.91.